The lowest BCUT2D eigenvalue weighted by atomic mass is 9.98. The van der Waals surface area contributed by atoms with E-state index in [0.29, 0.717) is 0 Å². The van der Waals surface area contributed by atoms with Crippen molar-refractivity contribution in [1.82, 2.24) is 20.2 Å². The van der Waals surface area contributed by atoms with Crippen molar-refractivity contribution in [3.8, 4) is 0 Å². The molecule has 2 heterocycles. The maximum atomic E-state index is 4.68. The number of fused-ring (bicyclic) bond motifs is 1. The number of aryl methyl sites for hydroxylation is 1. The number of imidazole rings is 1. The first-order chi connectivity index (χ1) is 9.34. The second kappa shape index (κ2) is 5.72. The third-order valence-corrected chi connectivity index (χ3v) is 4.05. The van der Waals surface area contributed by atoms with Gasteiger partial charge in [-0.1, -0.05) is 12.1 Å². The van der Waals surface area contributed by atoms with E-state index in [1.807, 2.05) is 6.07 Å². The molecule has 2 aromatic rings. The van der Waals surface area contributed by atoms with Gasteiger partial charge >= 0.3 is 0 Å². The Morgan fingerprint density at radius 3 is 2.89 bits per heavy atom. The van der Waals surface area contributed by atoms with E-state index in [4.69, 9.17) is 0 Å². The Hall–Kier alpha value is -1.39. The number of para-hydroxylation sites is 2. The van der Waals surface area contributed by atoms with Crippen LogP contribution in [0.5, 0.6) is 0 Å². The summed E-state index contributed by atoms with van der Waals surface area (Å²) in [5, 5.41) is 6.97. The van der Waals surface area contributed by atoms with Crippen molar-refractivity contribution in [2.24, 2.45) is 13.0 Å². The van der Waals surface area contributed by atoms with E-state index in [-0.39, 0.29) is 0 Å². The third kappa shape index (κ3) is 2.80. The molecule has 0 saturated carbocycles. The summed E-state index contributed by atoms with van der Waals surface area (Å²) < 4.78 is 2.19. The Morgan fingerprint density at radius 2 is 2.11 bits per heavy atom. The zero-order chi connectivity index (χ0) is 13.1. The summed E-state index contributed by atoms with van der Waals surface area (Å²) in [6, 6.07) is 8.31. The number of rotatable bonds is 4. The van der Waals surface area contributed by atoms with Crippen LogP contribution in [0, 0.1) is 5.92 Å². The third-order valence-electron chi connectivity index (χ3n) is 4.05. The summed E-state index contributed by atoms with van der Waals surface area (Å²) >= 11 is 0. The van der Waals surface area contributed by atoms with Crippen molar-refractivity contribution in [3.63, 3.8) is 0 Å². The van der Waals surface area contributed by atoms with Crippen LogP contribution in [0.3, 0.4) is 0 Å². The van der Waals surface area contributed by atoms with Crippen molar-refractivity contribution in [3.05, 3.63) is 30.1 Å². The number of hydrogen-bond donors (Lipinski definition) is 2. The average Bonchev–Trinajstić information content (AvgIpc) is 2.78. The van der Waals surface area contributed by atoms with Crippen LogP contribution in [0.4, 0.5) is 0 Å². The van der Waals surface area contributed by atoms with Gasteiger partial charge in [-0.2, -0.15) is 0 Å². The zero-order valence-electron chi connectivity index (χ0n) is 11.5. The highest BCUT2D eigenvalue weighted by Gasteiger charge is 2.13. The fourth-order valence-electron chi connectivity index (χ4n) is 2.83. The van der Waals surface area contributed by atoms with Gasteiger partial charge in [0.2, 0.25) is 0 Å². The Morgan fingerprint density at radius 1 is 1.32 bits per heavy atom. The van der Waals surface area contributed by atoms with E-state index >= 15 is 0 Å². The fourth-order valence-corrected chi connectivity index (χ4v) is 2.83. The van der Waals surface area contributed by atoms with Gasteiger partial charge in [-0.15, -0.1) is 0 Å². The molecule has 4 heteroatoms. The normalized spacial score (nSPS) is 17.1. The summed E-state index contributed by atoms with van der Waals surface area (Å²) in [6.45, 7) is 4.29. The molecular weight excluding hydrogens is 236 g/mol. The van der Waals surface area contributed by atoms with Crippen LogP contribution in [0.25, 0.3) is 11.0 Å². The minimum absolute atomic E-state index is 0.816. The van der Waals surface area contributed by atoms with Crippen molar-refractivity contribution in [2.75, 3.05) is 19.6 Å². The highest BCUT2D eigenvalue weighted by atomic mass is 15.1. The topological polar surface area (TPSA) is 41.9 Å². The van der Waals surface area contributed by atoms with Gasteiger partial charge in [-0.3, -0.25) is 0 Å². The number of nitrogens with zero attached hydrogens (tertiary/aromatic N) is 2. The van der Waals surface area contributed by atoms with Gasteiger partial charge in [-0.05, 0) is 50.5 Å². The van der Waals surface area contributed by atoms with Gasteiger partial charge in [0.1, 0.15) is 5.82 Å². The predicted molar refractivity (Wildman–Crippen MR) is 78.0 cm³/mol. The molecule has 0 aliphatic carbocycles. The highest BCUT2D eigenvalue weighted by molar-refractivity contribution is 5.75. The molecule has 0 radical (unpaired) electrons. The molecule has 0 unspecified atom stereocenters. The summed E-state index contributed by atoms with van der Waals surface area (Å²) in [6.07, 6.45) is 2.57. The van der Waals surface area contributed by atoms with Crippen LogP contribution in [0.15, 0.2) is 24.3 Å². The van der Waals surface area contributed by atoms with E-state index in [2.05, 4.69) is 45.4 Å². The van der Waals surface area contributed by atoms with E-state index in [1.54, 1.807) is 0 Å². The minimum atomic E-state index is 0.816. The van der Waals surface area contributed by atoms with Gasteiger partial charge in [-0.25, -0.2) is 4.98 Å². The largest absolute Gasteiger partial charge is 0.330 e. The molecule has 1 saturated heterocycles. The molecule has 102 valence electrons. The Labute approximate surface area is 114 Å². The van der Waals surface area contributed by atoms with Crippen LogP contribution in [-0.4, -0.2) is 29.2 Å². The average molecular weight is 258 g/mol. The summed E-state index contributed by atoms with van der Waals surface area (Å²) in [7, 11) is 2.09. The van der Waals surface area contributed by atoms with E-state index in [9.17, 15) is 0 Å². The van der Waals surface area contributed by atoms with E-state index in [1.165, 1.54) is 31.4 Å². The molecule has 1 aliphatic rings. The molecule has 3 rings (SSSR count). The number of nitrogens with one attached hydrogen (secondary N) is 2. The van der Waals surface area contributed by atoms with Gasteiger partial charge in [0.25, 0.3) is 0 Å². The fraction of sp³-hybridized carbons (Fsp3) is 0.533. The predicted octanol–water partition coefficient (Wildman–Crippen LogP) is 1.66. The van der Waals surface area contributed by atoms with Gasteiger partial charge in [0.15, 0.2) is 0 Å². The molecule has 2 N–H and O–H groups in total. The quantitative estimate of drug-likeness (QED) is 0.876. The minimum Gasteiger partial charge on any atom is -0.330 e. The Kier molecular flexibility index (Phi) is 3.80. The summed E-state index contributed by atoms with van der Waals surface area (Å²) in [5.74, 6) is 1.94. The molecule has 1 aromatic carbocycles. The van der Waals surface area contributed by atoms with Crippen LogP contribution in [0.1, 0.15) is 18.7 Å². The van der Waals surface area contributed by atoms with E-state index < -0.39 is 0 Å². The van der Waals surface area contributed by atoms with E-state index in [0.717, 1.165) is 30.3 Å². The van der Waals surface area contributed by atoms with Crippen molar-refractivity contribution in [2.45, 2.75) is 19.4 Å². The Bertz CT molecular complexity index is 540. The second-order valence-electron chi connectivity index (χ2n) is 5.40. The molecule has 1 aliphatic heterocycles. The maximum absolute atomic E-state index is 4.68. The first-order valence-electron chi connectivity index (χ1n) is 7.16. The molecular formula is C15H22N4. The molecule has 0 bridgehead atoms. The second-order valence-corrected chi connectivity index (χ2v) is 5.40. The lowest BCUT2D eigenvalue weighted by Gasteiger charge is -2.22. The van der Waals surface area contributed by atoms with Crippen LogP contribution in [-0.2, 0) is 13.6 Å². The molecule has 0 spiro atoms. The van der Waals surface area contributed by atoms with Gasteiger partial charge in [0, 0.05) is 7.05 Å². The summed E-state index contributed by atoms with van der Waals surface area (Å²) in [5.41, 5.74) is 2.30. The van der Waals surface area contributed by atoms with Crippen molar-refractivity contribution in [1.29, 1.82) is 0 Å². The SMILES string of the molecule is Cn1c(CNCC2CCNCC2)nc2ccccc21. The maximum Gasteiger partial charge on any atom is 0.123 e. The zero-order valence-corrected chi connectivity index (χ0v) is 11.5. The smallest absolute Gasteiger partial charge is 0.123 e. The number of hydrogen-bond acceptors (Lipinski definition) is 3. The lowest BCUT2D eigenvalue weighted by Crippen LogP contribution is -2.33. The standard InChI is InChI=1S/C15H22N4/c1-19-14-5-3-2-4-13(14)18-15(19)11-17-10-12-6-8-16-9-7-12/h2-5,12,16-17H,6-11H2,1H3. The number of aromatic nitrogens is 2. The van der Waals surface area contributed by atoms with Crippen molar-refractivity contribution >= 4 is 11.0 Å². The molecule has 1 fully saturated rings. The van der Waals surface area contributed by atoms with Crippen LogP contribution >= 0.6 is 0 Å². The van der Waals surface area contributed by atoms with Crippen molar-refractivity contribution < 1.29 is 0 Å². The number of benzene rings is 1. The molecule has 1 aromatic heterocycles. The number of piperidine rings is 1. The Balaban J connectivity index is 1.60. The van der Waals surface area contributed by atoms with Crippen LogP contribution in [0.2, 0.25) is 0 Å². The molecule has 19 heavy (non-hydrogen) atoms. The molecule has 4 nitrogen and oxygen atoms in total. The van der Waals surface area contributed by atoms with Gasteiger partial charge < -0.3 is 15.2 Å². The first kappa shape index (κ1) is 12.6. The highest BCUT2D eigenvalue weighted by Crippen LogP contribution is 2.14. The molecule has 0 amide bonds. The summed E-state index contributed by atoms with van der Waals surface area (Å²) in [4.78, 5) is 4.68. The molecule has 0 atom stereocenters. The lowest BCUT2D eigenvalue weighted by molar-refractivity contribution is 0.354. The van der Waals surface area contributed by atoms with Gasteiger partial charge in [0.05, 0.1) is 17.6 Å². The monoisotopic (exact) mass is 258 g/mol. The first-order valence-corrected chi connectivity index (χ1v) is 7.16. The van der Waals surface area contributed by atoms with Crippen LogP contribution < -0.4 is 10.6 Å².